The van der Waals surface area contributed by atoms with Crippen molar-refractivity contribution in [2.75, 3.05) is 26.6 Å². The van der Waals surface area contributed by atoms with Gasteiger partial charge in [-0.2, -0.15) is 0 Å². The van der Waals surface area contributed by atoms with Crippen LogP contribution in [0.1, 0.15) is 15.9 Å². The number of methoxy groups -OCH3 is 3. The smallest absolute Gasteiger partial charge is 0.271 e. The molecule has 0 atom stereocenters. The highest BCUT2D eigenvalue weighted by Crippen LogP contribution is 2.34. The van der Waals surface area contributed by atoms with Crippen LogP contribution in [0.15, 0.2) is 30.3 Å². The van der Waals surface area contributed by atoms with E-state index in [4.69, 9.17) is 14.2 Å². The maximum Gasteiger partial charge on any atom is 0.271 e. The van der Waals surface area contributed by atoms with Crippen molar-refractivity contribution in [1.82, 2.24) is 0 Å². The number of nitrogens with one attached hydrogen (secondary N) is 1. The minimum Gasteiger partial charge on any atom is -0.545 e. The number of hydrogen-bond donors (Lipinski definition) is 1. The minimum absolute atomic E-state index is 0.0396. The molecule has 2 aromatic carbocycles. The molecule has 0 bridgehead atoms. The Kier molecular flexibility index (Phi) is 5.84. The molecule has 0 radical (unpaired) electrons. The van der Waals surface area contributed by atoms with Gasteiger partial charge in [0, 0.05) is 24.2 Å². The molecular formula is C17H17N2O7-. The van der Waals surface area contributed by atoms with Crippen LogP contribution in [0, 0.1) is 10.1 Å². The van der Waals surface area contributed by atoms with Crippen LogP contribution in [0.4, 0.5) is 11.4 Å². The van der Waals surface area contributed by atoms with Crippen molar-refractivity contribution in [3.8, 4) is 17.2 Å². The van der Waals surface area contributed by atoms with Gasteiger partial charge in [-0.25, -0.2) is 0 Å². The van der Waals surface area contributed by atoms with E-state index in [-0.39, 0.29) is 29.3 Å². The zero-order valence-electron chi connectivity index (χ0n) is 14.4. The average Bonchev–Trinajstić information content (AvgIpc) is 2.64. The van der Waals surface area contributed by atoms with Gasteiger partial charge in [-0.3, -0.25) is 10.1 Å². The van der Waals surface area contributed by atoms with Crippen LogP contribution in [0.3, 0.4) is 0 Å². The van der Waals surface area contributed by atoms with Gasteiger partial charge < -0.3 is 29.4 Å². The van der Waals surface area contributed by atoms with Crippen LogP contribution < -0.4 is 24.6 Å². The number of anilines is 1. The Morgan fingerprint density at radius 3 is 2.27 bits per heavy atom. The van der Waals surface area contributed by atoms with Crippen molar-refractivity contribution < 1.29 is 29.0 Å². The second-order valence-electron chi connectivity index (χ2n) is 5.12. The van der Waals surface area contributed by atoms with Gasteiger partial charge in [0.1, 0.15) is 5.75 Å². The SMILES string of the molecule is COc1ccc([N+](=O)[O-])cc1NCc1ccc(OC)c(OC)c1C(=O)[O-]. The molecule has 26 heavy (non-hydrogen) atoms. The van der Waals surface area contributed by atoms with Crippen molar-refractivity contribution in [1.29, 1.82) is 0 Å². The summed E-state index contributed by atoms with van der Waals surface area (Å²) in [4.78, 5) is 22.0. The number of carboxylic acid groups (broad SMARTS) is 1. The summed E-state index contributed by atoms with van der Waals surface area (Å²) in [5, 5.41) is 25.4. The molecule has 0 spiro atoms. The minimum atomic E-state index is -1.43. The van der Waals surface area contributed by atoms with Crippen molar-refractivity contribution in [3.05, 3.63) is 51.6 Å². The zero-order chi connectivity index (χ0) is 19.3. The zero-order valence-corrected chi connectivity index (χ0v) is 14.4. The monoisotopic (exact) mass is 361 g/mol. The van der Waals surface area contributed by atoms with Gasteiger partial charge in [0.05, 0.1) is 37.9 Å². The number of hydrogen-bond acceptors (Lipinski definition) is 8. The fourth-order valence-electron chi connectivity index (χ4n) is 2.48. The Morgan fingerprint density at radius 1 is 1.08 bits per heavy atom. The summed E-state index contributed by atoms with van der Waals surface area (Å²) in [6.07, 6.45) is 0. The van der Waals surface area contributed by atoms with Gasteiger partial charge in [0.25, 0.3) is 5.69 Å². The van der Waals surface area contributed by atoms with Crippen LogP contribution in [-0.2, 0) is 6.54 Å². The third kappa shape index (κ3) is 3.77. The predicted octanol–water partition coefficient (Wildman–Crippen LogP) is 1.60. The van der Waals surface area contributed by atoms with E-state index < -0.39 is 10.9 Å². The molecule has 1 N–H and O–H groups in total. The van der Waals surface area contributed by atoms with Crippen LogP contribution in [0.2, 0.25) is 0 Å². The second-order valence-corrected chi connectivity index (χ2v) is 5.12. The number of carbonyl (C=O) groups excluding carboxylic acids is 1. The summed E-state index contributed by atoms with van der Waals surface area (Å²) >= 11 is 0. The van der Waals surface area contributed by atoms with Gasteiger partial charge >= 0.3 is 0 Å². The highest BCUT2D eigenvalue weighted by molar-refractivity contribution is 5.92. The third-order valence-electron chi connectivity index (χ3n) is 3.70. The largest absolute Gasteiger partial charge is 0.545 e. The van der Waals surface area contributed by atoms with Crippen molar-refractivity contribution >= 4 is 17.3 Å². The van der Waals surface area contributed by atoms with Gasteiger partial charge in [0.2, 0.25) is 0 Å². The molecule has 0 aliphatic carbocycles. The number of ether oxygens (including phenoxy) is 3. The Bertz CT molecular complexity index is 836. The van der Waals surface area contributed by atoms with Crippen LogP contribution in [0.25, 0.3) is 0 Å². The fraction of sp³-hybridized carbons (Fsp3) is 0.235. The number of benzene rings is 2. The summed E-state index contributed by atoms with van der Waals surface area (Å²) < 4.78 is 15.4. The van der Waals surface area contributed by atoms with E-state index in [1.165, 1.54) is 39.5 Å². The Balaban J connectivity index is 2.39. The molecule has 0 amide bonds. The number of rotatable bonds is 8. The first-order valence-electron chi connectivity index (χ1n) is 7.44. The molecule has 138 valence electrons. The fourth-order valence-corrected chi connectivity index (χ4v) is 2.48. The second kappa shape index (κ2) is 8.06. The normalized spacial score (nSPS) is 10.1. The van der Waals surface area contributed by atoms with E-state index >= 15 is 0 Å². The summed E-state index contributed by atoms with van der Waals surface area (Å²) in [5.74, 6) is -0.754. The molecule has 2 rings (SSSR count). The molecular weight excluding hydrogens is 344 g/mol. The topological polar surface area (TPSA) is 123 Å². The lowest BCUT2D eigenvalue weighted by molar-refractivity contribution is -0.384. The lowest BCUT2D eigenvalue weighted by Gasteiger charge is -2.18. The molecule has 0 saturated carbocycles. The van der Waals surface area contributed by atoms with Crippen LogP contribution >= 0.6 is 0 Å². The van der Waals surface area contributed by atoms with Crippen LogP contribution in [0.5, 0.6) is 17.2 Å². The third-order valence-corrected chi connectivity index (χ3v) is 3.70. The molecule has 0 aliphatic heterocycles. The van der Waals surface area contributed by atoms with Crippen LogP contribution in [-0.4, -0.2) is 32.2 Å². The van der Waals surface area contributed by atoms with E-state index in [2.05, 4.69) is 5.32 Å². The first-order chi connectivity index (χ1) is 12.4. The summed E-state index contributed by atoms with van der Waals surface area (Å²) in [6, 6.07) is 7.18. The van der Waals surface area contributed by atoms with Gasteiger partial charge in [-0.15, -0.1) is 0 Å². The van der Waals surface area contributed by atoms with Crippen molar-refractivity contribution in [3.63, 3.8) is 0 Å². The molecule has 0 unspecified atom stereocenters. The number of nitrogens with zero attached hydrogens (tertiary/aromatic N) is 1. The number of non-ortho nitro benzene ring substituents is 1. The van der Waals surface area contributed by atoms with E-state index in [1.807, 2.05) is 0 Å². The molecule has 0 aromatic heterocycles. The average molecular weight is 361 g/mol. The van der Waals surface area contributed by atoms with E-state index in [0.29, 0.717) is 17.0 Å². The number of aromatic carboxylic acids is 1. The number of nitro groups is 1. The van der Waals surface area contributed by atoms with Crippen molar-refractivity contribution in [2.24, 2.45) is 0 Å². The van der Waals surface area contributed by atoms with Gasteiger partial charge in [-0.1, -0.05) is 6.07 Å². The lowest BCUT2D eigenvalue weighted by atomic mass is 10.1. The summed E-state index contributed by atoms with van der Waals surface area (Å²) in [7, 11) is 4.14. The maximum absolute atomic E-state index is 11.6. The van der Waals surface area contributed by atoms with Gasteiger partial charge in [0.15, 0.2) is 11.5 Å². The van der Waals surface area contributed by atoms with E-state index in [9.17, 15) is 20.0 Å². The summed E-state index contributed by atoms with van der Waals surface area (Å²) in [5.41, 5.74) is 0.418. The molecule has 9 heteroatoms. The molecule has 0 saturated heterocycles. The highest BCUT2D eigenvalue weighted by atomic mass is 16.6. The summed E-state index contributed by atoms with van der Waals surface area (Å²) in [6.45, 7) is 0.0429. The predicted molar refractivity (Wildman–Crippen MR) is 90.9 cm³/mol. The number of carboxylic acids is 1. The highest BCUT2D eigenvalue weighted by Gasteiger charge is 2.17. The molecule has 2 aromatic rings. The molecule has 0 aliphatic rings. The van der Waals surface area contributed by atoms with E-state index in [0.717, 1.165) is 0 Å². The molecule has 9 nitrogen and oxygen atoms in total. The van der Waals surface area contributed by atoms with Gasteiger partial charge in [-0.05, 0) is 17.7 Å². The first kappa shape index (κ1) is 18.8. The Hall–Kier alpha value is -3.49. The lowest BCUT2D eigenvalue weighted by Crippen LogP contribution is -2.25. The standard InChI is InChI=1S/C17H18N2O7/c1-24-13-7-5-11(19(22)23)8-12(13)18-9-10-4-6-14(25-2)16(26-3)15(10)17(20)21/h4-8,18H,9H2,1-3H3,(H,20,21)/p-1. The molecule has 0 fully saturated rings. The van der Waals surface area contributed by atoms with E-state index in [1.54, 1.807) is 12.1 Å². The Morgan fingerprint density at radius 2 is 1.73 bits per heavy atom. The van der Waals surface area contributed by atoms with Crippen molar-refractivity contribution in [2.45, 2.75) is 6.54 Å². The first-order valence-corrected chi connectivity index (χ1v) is 7.44. The molecule has 0 heterocycles. The maximum atomic E-state index is 11.6. The Labute approximate surface area is 149 Å². The number of nitro benzene ring substituents is 1. The number of carbonyl (C=O) groups is 1. The quantitative estimate of drug-likeness (QED) is 0.555.